The maximum atomic E-state index is 11.2. The van der Waals surface area contributed by atoms with Gasteiger partial charge in [-0.15, -0.1) is 0 Å². The van der Waals surface area contributed by atoms with Crippen molar-refractivity contribution < 1.29 is 14.1 Å². The number of nitrogens with one attached hydrogen (secondary N) is 1. The second kappa shape index (κ2) is 3.21. The van der Waals surface area contributed by atoms with Crippen molar-refractivity contribution in [3.8, 4) is 0 Å². The van der Waals surface area contributed by atoms with E-state index in [4.69, 9.17) is 0 Å². The summed E-state index contributed by atoms with van der Waals surface area (Å²) < 4.78 is 9.20. The first-order valence-corrected chi connectivity index (χ1v) is 4.24. The molecule has 0 saturated heterocycles. The summed E-state index contributed by atoms with van der Waals surface area (Å²) in [5, 5.41) is 2.50. The highest BCUT2D eigenvalue weighted by Crippen LogP contribution is 2.14. The van der Waals surface area contributed by atoms with Crippen LogP contribution in [0.25, 0.3) is 0 Å². The minimum absolute atomic E-state index is 0.341. The topological polar surface area (TPSA) is 75.5 Å². The van der Waals surface area contributed by atoms with Gasteiger partial charge < -0.3 is 14.2 Å². The van der Waals surface area contributed by atoms with E-state index in [1.165, 1.54) is 12.0 Å². The molecular formula is C8H10N2O4. The molecule has 1 aliphatic heterocycles. The lowest BCUT2D eigenvalue weighted by molar-refractivity contribution is 0.118. The van der Waals surface area contributed by atoms with Crippen molar-refractivity contribution in [3.63, 3.8) is 0 Å². The molecule has 6 heteroatoms. The summed E-state index contributed by atoms with van der Waals surface area (Å²) in [5.74, 6) is 0. The van der Waals surface area contributed by atoms with Crippen LogP contribution in [0.1, 0.15) is 11.3 Å². The molecule has 0 radical (unpaired) electrons. The molecule has 1 aromatic rings. The van der Waals surface area contributed by atoms with E-state index in [1.54, 1.807) is 0 Å². The second-order valence-corrected chi connectivity index (χ2v) is 3.09. The van der Waals surface area contributed by atoms with Crippen LogP contribution in [0.3, 0.4) is 0 Å². The van der Waals surface area contributed by atoms with Crippen LogP contribution in [-0.2, 0) is 17.7 Å². The maximum Gasteiger partial charge on any atom is 0.409 e. The van der Waals surface area contributed by atoms with E-state index >= 15 is 0 Å². The summed E-state index contributed by atoms with van der Waals surface area (Å²) in [7, 11) is 1.33. The predicted octanol–water partition coefficient (Wildman–Crippen LogP) is 0.0924. The number of carbonyl (C=O) groups is 1. The largest absolute Gasteiger partial charge is 0.453 e. The molecule has 0 saturated carbocycles. The van der Waals surface area contributed by atoms with E-state index in [-0.39, 0.29) is 5.63 Å². The van der Waals surface area contributed by atoms with E-state index in [2.05, 4.69) is 14.4 Å². The standard InChI is InChI=1S/C8H10N2O4/c1-13-8(12)10-3-2-5-6(4-10)9-14-7(5)11/h9H,2-4H2,1H3. The number of carbonyl (C=O) groups excluding carboxylic acids is 1. The molecule has 1 aliphatic rings. The van der Waals surface area contributed by atoms with Gasteiger partial charge in [-0.2, -0.15) is 0 Å². The van der Waals surface area contributed by atoms with Gasteiger partial charge >= 0.3 is 11.7 Å². The summed E-state index contributed by atoms with van der Waals surface area (Å²) in [6, 6.07) is 0. The highest BCUT2D eigenvalue weighted by molar-refractivity contribution is 5.67. The van der Waals surface area contributed by atoms with E-state index in [0.717, 1.165) is 0 Å². The van der Waals surface area contributed by atoms with E-state index in [9.17, 15) is 9.59 Å². The molecular weight excluding hydrogens is 188 g/mol. The summed E-state index contributed by atoms with van der Waals surface area (Å²) in [5.41, 5.74) is 0.946. The first-order valence-electron chi connectivity index (χ1n) is 4.24. The first-order chi connectivity index (χ1) is 6.72. The van der Waals surface area contributed by atoms with Gasteiger partial charge in [0.25, 0.3) is 0 Å². The number of H-pyrrole nitrogens is 1. The average Bonchev–Trinajstić information content (AvgIpc) is 2.59. The molecule has 76 valence electrons. The van der Waals surface area contributed by atoms with Gasteiger partial charge in [-0.3, -0.25) is 0 Å². The zero-order chi connectivity index (χ0) is 10.1. The molecule has 0 spiro atoms. The molecule has 0 atom stereocenters. The summed E-state index contributed by atoms with van der Waals surface area (Å²) in [6.45, 7) is 0.829. The number of aromatic nitrogens is 1. The van der Waals surface area contributed by atoms with Crippen LogP contribution in [0.2, 0.25) is 0 Å². The zero-order valence-electron chi connectivity index (χ0n) is 7.70. The third-order valence-corrected chi connectivity index (χ3v) is 2.29. The van der Waals surface area contributed by atoms with Crippen molar-refractivity contribution in [2.45, 2.75) is 13.0 Å². The van der Waals surface area contributed by atoms with Gasteiger partial charge in [0.05, 0.1) is 24.9 Å². The smallest absolute Gasteiger partial charge is 0.409 e. The molecule has 0 aromatic carbocycles. The van der Waals surface area contributed by atoms with Gasteiger partial charge in [0.1, 0.15) is 0 Å². The lowest BCUT2D eigenvalue weighted by Crippen LogP contribution is -2.36. The van der Waals surface area contributed by atoms with E-state index < -0.39 is 6.09 Å². The molecule has 2 heterocycles. The Hall–Kier alpha value is -1.72. The number of amides is 1. The van der Waals surface area contributed by atoms with Crippen LogP contribution in [0.4, 0.5) is 4.79 Å². The molecule has 6 nitrogen and oxygen atoms in total. The number of methoxy groups -OCH3 is 1. The minimum atomic E-state index is -0.391. The molecule has 1 N–H and O–H groups in total. The zero-order valence-corrected chi connectivity index (χ0v) is 7.70. The molecule has 2 rings (SSSR count). The van der Waals surface area contributed by atoms with Crippen LogP contribution in [-0.4, -0.2) is 29.8 Å². The Morgan fingerprint density at radius 1 is 1.64 bits per heavy atom. The number of hydrogen-bond acceptors (Lipinski definition) is 4. The first kappa shape index (κ1) is 8.86. The van der Waals surface area contributed by atoms with Crippen molar-refractivity contribution >= 4 is 6.09 Å². The van der Waals surface area contributed by atoms with Gasteiger partial charge in [-0.1, -0.05) is 0 Å². The Morgan fingerprint density at radius 3 is 3.14 bits per heavy atom. The Kier molecular flexibility index (Phi) is 2.03. The van der Waals surface area contributed by atoms with E-state index in [1.807, 2.05) is 0 Å². The summed E-state index contributed by atoms with van der Waals surface area (Å²) in [6.07, 6.45) is 0.119. The number of aromatic amines is 1. The molecule has 0 fully saturated rings. The Labute approximate surface area is 79.4 Å². The van der Waals surface area contributed by atoms with Gasteiger partial charge in [0.2, 0.25) is 0 Å². The van der Waals surface area contributed by atoms with Crippen molar-refractivity contribution in [1.82, 2.24) is 10.1 Å². The third kappa shape index (κ3) is 1.28. The van der Waals surface area contributed by atoms with Crippen molar-refractivity contribution in [2.75, 3.05) is 13.7 Å². The average molecular weight is 198 g/mol. The second-order valence-electron chi connectivity index (χ2n) is 3.09. The molecule has 0 aliphatic carbocycles. The number of rotatable bonds is 0. The normalized spacial score (nSPS) is 15.1. The van der Waals surface area contributed by atoms with Crippen LogP contribution in [0.5, 0.6) is 0 Å². The van der Waals surface area contributed by atoms with Gasteiger partial charge in [0.15, 0.2) is 0 Å². The lowest BCUT2D eigenvalue weighted by Gasteiger charge is -2.23. The number of fused-ring (bicyclic) bond motifs is 1. The van der Waals surface area contributed by atoms with Gasteiger partial charge in [0, 0.05) is 6.54 Å². The molecule has 1 amide bonds. The fourth-order valence-electron chi connectivity index (χ4n) is 1.54. The van der Waals surface area contributed by atoms with E-state index in [0.29, 0.717) is 30.8 Å². The molecule has 14 heavy (non-hydrogen) atoms. The fraction of sp³-hybridized carbons (Fsp3) is 0.500. The monoisotopic (exact) mass is 198 g/mol. The molecule has 0 bridgehead atoms. The fourth-order valence-corrected chi connectivity index (χ4v) is 1.54. The van der Waals surface area contributed by atoms with Crippen molar-refractivity contribution in [1.29, 1.82) is 0 Å². The van der Waals surface area contributed by atoms with Gasteiger partial charge in [-0.05, 0) is 6.42 Å². The molecule has 0 unspecified atom stereocenters. The van der Waals surface area contributed by atoms with Crippen LogP contribution >= 0.6 is 0 Å². The Balaban J connectivity index is 2.22. The quantitative estimate of drug-likeness (QED) is 0.641. The Morgan fingerprint density at radius 2 is 2.43 bits per heavy atom. The summed E-state index contributed by atoms with van der Waals surface area (Å²) >= 11 is 0. The number of hydrogen-bond donors (Lipinski definition) is 1. The van der Waals surface area contributed by atoms with Crippen LogP contribution < -0.4 is 5.63 Å². The van der Waals surface area contributed by atoms with Crippen molar-refractivity contribution in [2.24, 2.45) is 0 Å². The number of ether oxygens (including phenoxy) is 1. The third-order valence-electron chi connectivity index (χ3n) is 2.29. The van der Waals surface area contributed by atoms with Crippen LogP contribution in [0.15, 0.2) is 9.32 Å². The predicted molar refractivity (Wildman–Crippen MR) is 45.8 cm³/mol. The minimum Gasteiger partial charge on any atom is -0.453 e. The Bertz CT molecular complexity index is 406. The van der Waals surface area contributed by atoms with Crippen LogP contribution in [0, 0.1) is 0 Å². The molecule has 1 aromatic heterocycles. The maximum absolute atomic E-state index is 11.2. The highest BCUT2D eigenvalue weighted by Gasteiger charge is 2.25. The van der Waals surface area contributed by atoms with Gasteiger partial charge in [-0.25, -0.2) is 14.7 Å². The number of nitrogens with zero attached hydrogens (tertiary/aromatic N) is 1. The highest BCUT2D eigenvalue weighted by atomic mass is 16.5. The SMILES string of the molecule is COC(=O)N1CCc2c([nH]oc2=O)C1. The van der Waals surface area contributed by atoms with Crippen molar-refractivity contribution in [3.05, 3.63) is 21.7 Å². The summed E-state index contributed by atoms with van der Waals surface area (Å²) in [4.78, 5) is 23.7. The lowest BCUT2D eigenvalue weighted by atomic mass is 10.1.